The van der Waals surface area contributed by atoms with Crippen molar-refractivity contribution in [3.8, 4) is 0 Å². The topological polar surface area (TPSA) is 20.2 Å². The van der Waals surface area contributed by atoms with Gasteiger partial charge in [-0.05, 0) is 111 Å². The average molecular weight is 373 g/mol. The largest absolute Gasteiger partial charge is 0.393 e. The van der Waals surface area contributed by atoms with Crippen LogP contribution in [0.5, 0.6) is 0 Å². The molecule has 0 saturated heterocycles. The molecule has 0 aromatic rings. The minimum atomic E-state index is -0.0810. The third-order valence-corrected chi connectivity index (χ3v) is 9.94. The molecule has 4 aliphatic rings. The third-order valence-electron chi connectivity index (χ3n) is 9.94. The SMILES string of the molecule is CC(C)C[C@@H](C)[C@H]1CC[C@H]2[C@H]3CCC=C4C[C@@H](O)CC[C@]4(C)[C@H]3CC[C@]12C. The van der Waals surface area contributed by atoms with E-state index in [0.717, 1.165) is 48.3 Å². The van der Waals surface area contributed by atoms with E-state index in [0.29, 0.717) is 10.8 Å². The molecule has 0 unspecified atom stereocenters. The first-order valence-corrected chi connectivity index (χ1v) is 12.1. The monoisotopic (exact) mass is 372 g/mol. The third kappa shape index (κ3) is 3.24. The molecule has 0 heterocycles. The Kier molecular flexibility index (Phi) is 5.32. The highest BCUT2D eigenvalue weighted by Gasteiger charge is 2.58. The minimum Gasteiger partial charge on any atom is -0.393 e. The Morgan fingerprint density at radius 3 is 2.52 bits per heavy atom. The molecule has 3 fully saturated rings. The van der Waals surface area contributed by atoms with Crippen molar-refractivity contribution in [2.75, 3.05) is 0 Å². The zero-order valence-corrected chi connectivity index (χ0v) is 18.6. The summed E-state index contributed by atoms with van der Waals surface area (Å²) >= 11 is 0. The Labute approximate surface area is 168 Å². The van der Waals surface area contributed by atoms with Crippen molar-refractivity contribution in [2.45, 2.75) is 105 Å². The summed E-state index contributed by atoms with van der Waals surface area (Å²) in [5.41, 5.74) is 2.59. The van der Waals surface area contributed by atoms with Crippen molar-refractivity contribution in [1.82, 2.24) is 0 Å². The fraction of sp³-hybridized carbons (Fsp3) is 0.923. The Morgan fingerprint density at radius 1 is 1.00 bits per heavy atom. The van der Waals surface area contributed by atoms with Gasteiger partial charge in [0.05, 0.1) is 6.10 Å². The second-order valence-electron chi connectivity index (χ2n) is 11.8. The van der Waals surface area contributed by atoms with Gasteiger partial charge in [0.25, 0.3) is 0 Å². The Morgan fingerprint density at radius 2 is 1.78 bits per heavy atom. The van der Waals surface area contributed by atoms with E-state index in [4.69, 9.17) is 0 Å². The van der Waals surface area contributed by atoms with Crippen LogP contribution in [0, 0.1) is 46.3 Å². The molecule has 0 bridgehead atoms. The second kappa shape index (κ2) is 7.19. The Bertz CT molecular complexity index is 577. The molecule has 0 aliphatic heterocycles. The summed E-state index contributed by atoms with van der Waals surface area (Å²) in [5, 5.41) is 10.3. The van der Waals surface area contributed by atoms with E-state index in [1.807, 2.05) is 0 Å². The van der Waals surface area contributed by atoms with E-state index in [1.54, 1.807) is 5.57 Å². The Balaban J connectivity index is 1.58. The summed E-state index contributed by atoms with van der Waals surface area (Å²) < 4.78 is 0. The van der Waals surface area contributed by atoms with Crippen LogP contribution in [0.4, 0.5) is 0 Å². The molecule has 0 aromatic heterocycles. The summed E-state index contributed by atoms with van der Waals surface area (Å²) in [7, 11) is 0. The zero-order chi connectivity index (χ0) is 19.4. The predicted molar refractivity (Wildman–Crippen MR) is 114 cm³/mol. The quantitative estimate of drug-likeness (QED) is 0.529. The number of aliphatic hydroxyl groups excluding tert-OH is 1. The molecule has 0 amide bonds. The number of rotatable bonds is 3. The first kappa shape index (κ1) is 20.0. The lowest BCUT2D eigenvalue weighted by Gasteiger charge is -2.55. The lowest BCUT2D eigenvalue weighted by atomic mass is 9.49. The average Bonchev–Trinajstić information content (AvgIpc) is 2.87. The van der Waals surface area contributed by atoms with Gasteiger partial charge in [-0.15, -0.1) is 0 Å². The van der Waals surface area contributed by atoms with Crippen molar-refractivity contribution in [2.24, 2.45) is 46.3 Å². The van der Waals surface area contributed by atoms with E-state index in [-0.39, 0.29) is 6.10 Å². The van der Waals surface area contributed by atoms with Crippen LogP contribution in [0.2, 0.25) is 0 Å². The predicted octanol–water partition coefficient (Wildman–Crippen LogP) is 7.00. The highest BCUT2D eigenvalue weighted by molar-refractivity contribution is 5.23. The van der Waals surface area contributed by atoms with Crippen LogP contribution in [0.25, 0.3) is 0 Å². The maximum atomic E-state index is 10.3. The summed E-state index contributed by atoms with van der Waals surface area (Å²) in [6, 6.07) is 0. The van der Waals surface area contributed by atoms with Crippen LogP contribution in [0.3, 0.4) is 0 Å². The van der Waals surface area contributed by atoms with E-state index in [2.05, 4.69) is 40.7 Å². The van der Waals surface area contributed by atoms with Gasteiger partial charge in [0.1, 0.15) is 0 Å². The van der Waals surface area contributed by atoms with Gasteiger partial charge in [-0.3, -0.25) is 0 Å². The molecule has 0 spiro atoms. The molecule has 0 aromatic carbocycles. The molecule has 4 rings (SSSR count). The number of allylic oxidation sites excluding steroid dienone is 1. The molecule has 1 N–H and O–H groups in total. The van der Waals surface area contributed by atoms with E-state index in [1.165, 1.54) is 51.4 Å². The minimum absolute atomic E-state index is 0.0810. The summed E-state index contributed by atoms with van der Waals surface area (Å²) in [6.45, 7) is 12.6. The van der Waals surface area contributed by atoms with Crippen LogP contribution < -0.4 is 0 Å². The Hall–Kier alpha value is -0.300. The molecular formula is C26H44O. The standard InChI is InChI=1S/C26H44O/c1-17(2)15-18(3)22-9-10-23-21-8-6-7-19-16-20(27)11-13-25(19,4)24(21)12-14-26(22,23)5/h7,17-18,20-24,27H,6,8-16H2,1-5H3/t18-,20+,21-,22-,23+,24+,25+,26-/m1/s1. The van der Waals surface area contributed by atoms with Gasteiger partial charge in [-0.1, -0.05) is 46.3 Å². The van der Waals surface area contributed by atoms with Gasteiger partial charge in [0, 0.05) is 0 Å². The molecule has 1 nitrogen and oxygen atoms in total. The molecule has 4 aliphatic carbocycles. The number of aliphatic hydroxyl groups is 1. The fourth-order valence-corrected chi connectivity index (χ4v) is 8.77. The van der Waals surface area contributed by atoms with Crippen LogP contribution in [0.15, 0.2) is 11.6 Å². The van der Waals surface area contributed by atoms with Crippen molar-refractivity contribution < 1.29 is 5.11 Å². The molecule has 27 heavy (non-hydrogen) atoms. The molecule has 1 heteroatoms. The molecule has 3 saturated carbocycles. The van der Waals surface area contributed by atoms with E-state index < -0.39 is 0 Å². The highest BCUT2D eigenvalue weighted by atomic mass is 16.3. The van der Waals surface area contributed by atoms with Crippen LogP contribution in [-0.4, -0.2) is 11.2 Å². The normalized spacial score (nSPS) is 48.3. The van der Waals surface area contributed by atoms with Crippen LogP contribution >= 0.6 is 0 Å². The van der Waals surface area contributed by atoms with Crippen molar-refractivity contribution >= 4 is 0 Å². The highest BCUT2D eigenvalue weighted by Crippen LogP contribution is 2.66. The van der Waals surface area contributed by atoms with E-state index >= 15 is 0 Å². The van der Waals surface area contributed by atoms with Gasteiger partial charge in [0.2, 0.25) is 0 Å². The van der Waals surface area contributed by atoms with Gasteiger partial charge < -0.3 is 5.11 Å². The lowest BCUT2D eigenvalue weighted by molar-refractivity contribution is -0.0511. The van der Waals surface area contributed by atoms with Crippen LogP contribution in [-0.2, 0) is 0 Å². The summed E-state index contributed by atoms with van der Waals surface area (Å²) in [6.07, 6.45) is 15.6. The maximum absolute atomic E-state index is 10.3. The number of fused-ring (bicyclic) bond motifs is 5. The van der Waals surface area contributed by atoms with Gasteiger partial charge >= 0.3 is 0 Å². The van der Waals surface area contributed by atoms with E-state index in [9.17, 15) is 5.11 Å². The summed E-state index contributed by atoms with van der Waals surface area (Å²) in [5.74, 6) is 5.41. The summed E-state index contributed by atoms with van der Waals surface area (Å²) in [4.78, 5) is 0. The van der Waals surface area contributed by atoms with Crippen molar-refractivity contribution in [3.63, 3.8) is 0 Å². The van der Waals surface area contributed by atoms with Gasteiger partial charge in [-0.2, -0.15) is 0 Å². The zero-order valence-electron chi connectivity index (χ0n) is 18.6. The smallest absolute Gasteiger partial charge is 0.0577 e. The lowest BCUT2D eigenvalue weighted by Crippen LogP contribution is -2.48. The van der Waals surface area contributed by atoms with Crippen molar-refractivity contribution in [1.29, 1.82) is 0 Å². The van der Waals surface area contributed by atoms with Gasteiger partial charge in [-0.25, -0.2) is 0 Å². The van der Waals surface area contributed by atoms with Crippen molar-refractivity contribution in [3.05, 3.63) is 11.6 Å². The molecule has 8 atom stereocenters. The first-order chi connectivity index (χ1) is 12.8. The molecule has 0 radical (unpaired) electrons. The number of hydrogen-bond donors (Lipinski definition) is 1. The molecule has 154 valence electrons. The maximum Gasteiger partial charge on any atom is 0.0577 e. The molecular weight excluding hydrogens is 328 g/mol. The van der Waals surface area contributed by atoms with Crippen LogP contribution in [0.1, 0.15) is 98.8 Å². The fourth-order valence-electron chi connectivity index (χ4n) is 8.77. The van der Waals surface area contributed by atoms with Gasteiger partial charge in [0.15, 0.2) is 0 Å². The first-order valence-electron chi connectivity index (χ1n) is 12.1. The number of hydrogen-bond acceptors (Lipinski definition) is 1. The second-order valence-corrected chi connectivity index (χ2v) is 11.8.